The molecule has 7 heteroatoms. The fourth-order valence-electron chi connectivity index (χ4n) is 1.77. The van der Waals surface area contributed by atoms with Crippen molar-refractivity contribution in [3.8, 4) is 0 Å². The van der Waals surface area contributed by atoms with Crippen LogP contribution in [0.15, 0.2) is 0 Å². The number of nitrogens with zero attached hydrogens (tertiary/aromatic N) is 1. The first-order chi connectivity index (χ1) is 8.85. The summed E-state index contributed by atoms with van der Waals surface area (Å²) in [6, 6.07) is 0.0769. The highest BCUT2D eigenvalue weighted by molar-refractivity contribution is 7.18. The number of nitrogen functional groups attached to an aromatic ring is 1. The van der Waals surface area contributed by atoms with Gasteiger partial charge in [0, 0.05) is 12.1 Å². The van der Waals surface area contributed by atoms with Crippen LogP contribution in [-0.2, 0) is 4.74 Å². The van der Waals surface area contributed by atoms with Crippen LogP contribution in [0.1, 0.15) is 36.9 Å². The lowest BCUT2D eigenvalue weighted by Crippen LogP contribution is -2.34. The average Bonchev–Trinajstić information content (AvgIpc) is 2.85. The second kappa shape index (κ2) is 5.34. The molecule has 1 aliphatic rings. The van der Waals surface area contributed by atoms with Crippen LogP contribution in [0.5, 0.6) is 0 Å². The molecule has 1 unspecified atom stereocenters. The molecule has 2 heterocycles. The minimum atomic E-state index is -0.174. The van der Waals surface area contributed by atoms with Crippen LogP contribution in [0.2, 0.25) is 0 Å². The summed E-state index contributed by atoms with van der Waals surface area (Å²) < 4.78 is 5.22. The standard InChI is InChI=1S/C12H20N4O2S/c1-12(2,3)16-11-15-9(13)8(19-11)10(17)14-7-4-5-18-6-7/h7H,4-6,13H2,1-3H3,(H,14,17)(H,15,16). The molecule has 4 N–H and O–H groups in total. The number of nitrogens with one attached hydrogen (secondary N) is 2. The van der Waals surface area contributed by atoms with Gasteiger partial charge in [0.2, 0.25) is 0 Å². The van der Waals surface area contributed by atoms with E-state index in [1.807, 2.05) is 20.8 Å². The monoisotopic (exact) mass is 284 g/mol. The molecule has 0 spiro atoms. The van der Waals surface area contributed by atoms with Gasteiger partial charge in [0.15, 0.2) is 5.13 Å². The molecule has 1 amide bonds. The zero-order valence-corrected chi connectivity index (χ0v) is 12.3. The Bertz CT molecular complexity index is 461. The van der Waals surface area contributed by atoms with Gasteiger partial charge in [-0.15, -0.1) is 0 Å². The van der Waals surface area contributed by atoms with Gasteiger partial charge in [-0.3, -0.25) is 4.79 Å². The first-order valence-corrected chi connectivity index (χ1v) is 7.10. The van der Waals surface area contributed by atoms with Crippen molar-refractivity contribution in [3.63, 3.8) is 0 Å². The van der Waals surface area contributed by atoms with Crippen LogP contribution in [0, 0.1) is 0 Å². The van der Waals surface area contributed by atoms with E-state index in [0.717, 1.165) is 6.42 Å². The van der Waals surface area contributed by atoms with E-state index >= 15 is 0 Å². The molecule has 6 nitrogen and oxygen atoms in total. The second-order valence-corrected chi connectivity index (χ2v) is 6.64. The molecule has 1 saturated heterocycles. The van der Waals surface area contributed by atoms with Gasteiger partial charge in [-0.25, -0.2) is 4.98 Å². The molecule has 1 fully saturated rings. The third-order valence-electron chi connectivity index (χ3n) is 2.61. The minimum Gasteiger partial charge on any atom is -0.382 e. The maximum atomic E-state index is 12.1. The molecule has 1 aliphatic heterocycles. The van der Waals surface area contributed by atoms with Crippen molar-refractivity contribution in [1.82, 2.24) is 10.3 Å². The number of ether oxygens (including phenoxy) is 1. The zero-order chi connectivity index (χ0) is 14.0. The van der Waals surface area contributed by atoms with E-state index < -0.39 is 0 Å². The summed E-state index contributed by atoms with van der Waals surface area (Å²) in [7, 11) is 0. The Balaban J connectivity index is 2.04. The normalized spacial score (nSPS) is 19.4. The summed E-state index contributed by atoms with van der Waals surface area (Å²) in [5, 5.41) is 6.79. The van der Waals surface area contributed by atoms with Crippen molar-refractivity contribution in [1.29, 1.82) is 0 Å². The van der Waals surface area contributed by atoms with Crippen molar-refractivity contribution in [3.05, 3.63) is 4.88 Å². The van der Waals surface area contributed by atoms with Gasteiger partial charge < -0.3 is 21.1 Å². The summed E-state index contributed by atoms with van der Waals surface area (Å²) >= 11 is 1.28. The van der Waals surface area contributed by atoms with Gasteiger partial charge in [0.1, 0.15) is 10.7 Å². The Labute approximate surface area is 116 Å². The first kappa shape index (κ1) is 14.1. The van der Waals surface area contributed by atoms with E-state index in [0.29, 0.717) is 23.2 Å². The number of nitrogens with two attached hydrogens (primary N) is 1. The Kier molecular flexibility index (Phi) is 3.96. The number of aromatic nitrogens is 1. The lowest BCUT2D eigenvalue weighted by atomic mass is 10.1. The Morgan fingerprint density at radius 2 is 2.26 bits per heavy atom. The first-order valence-electron chi connectivity index (χ1n) is 6.28. The molecular weight excluding hydrogens is 264 g/mol. The van der Waals surface area contributed by atoms with Gasteiger partial charge in [-0.2, -0.15) is 0 Å². The fraction of sp³-hybridized carbons (Fsp3) is 0.667. The van der Waals surface area contributed by atoms with Gasteiger partial charge >= 0.3 is 0 Å². The van der Waals surface area contributed by atoms with Gasteiger partial charge in [0.05, 0.1) is 12.6 Å². The summed E-state index contributed by atoms with van der Waals surface area (Å²) in [5.74, 6) is 0.0978. The van der Waals surface area contributed by atoms with Gasteiger partial charge in [0.25, 0.3) is 5.91 Å². The predicted molar refractivity (Wildman–Crippen MR) is 76.6 cm³/mol. The summed E-state index contributed by atoms with van der Waals surface area (Å²) in [6.07, 6.45) is 0.845. The average molecular weight is 284 g/mol. The highest BCUT2D eigenvalue weighted by atomic mass is 32.1. The Hall–Kier alpha value is -1.34. The van der Waals surface area contributed by atoms with Crippen LogP contribution < -0.4 is 16.4 Å². The number of hydrogen-bond donors (Lipinski definition) is 3. The Morgan fingerprint density at radius 3 is 2.84 bits per heavy atom. The third-order valence-corrected chi connectivity index (χ3v) is 3.59. The lowest BCUT2D eigenvalue weighted by molar-refractivity contribution is 0.0934. The molecule has 1 atom stereocenters. The van der Waals surface area contributed by atoms with Crippen molar-refractivity contribution >= 4 is 28.2 Å². The highest BCUT2D eigenvalue weighted by Crippen LogP contribution is 2.27. The molecule has 106 valence electrons. The van der Waals surface area contributed by atoms with E-state index in [4.69, 9.17) is 10.5 Å². The van der Waals surface area contributed by atoms with Crippen LogP contribution in [0.4, 0.5) is 10.9 Å². The number of rotatable bonds is 3. The van der Waals surface area contributed by atoms with Crippen molar-refractivity contribution in [2.24, 2.45) is 0 Å². The molecule has 0 saturated carbocycles. The SMILES string of the molecule is CC(C)(C)Nc1nc(N)c(C(=O)NC2CCOC2)s1. The molecule has 0 radical (unpaired) electrons. The Morgan fingerprint density at radius 1 is 1.53 bits per heavy atom. The largest absolute Gasteiger partial charge is 0.382 e. The molecule has 0 aliphatic carbocycles. The maximum absolute atomic E-state index is 12.1. The molecule has 0 bridgehead atoms. The van der Waals surface area contributed by atoms with E-state index in [-0.39, 0.29) is 23.3 Å². The summed E-state index contributed by atoms with van der Waals surface area (Å²) in [4.78, 5) is 16.7. The number of amides is 1. The predicted octanol–water partition coefficient (Wildman–Crippen LogP) is 1.45. The smallest absolute Gasteiger partial charge is 0.265 e. The van der Waals surface area contributed by atoms with E-state index in [1.54, 1.807) is 0 Å². The van der Waals surface area contributed by atoms with E-state index in [9.17, 15) is 4.79 Å². The molecule has 19 heavy (non-hydrogen) atoms. The van der Waals surface area contributed by atoms with Crippen molar-refractivity contribution in [2.75, 3.05) is 24.3 Å². The van der Waals surface area contributed by atoms with Gasteiger partial charge in [-0.05, 0) is 27.2 Å². The van der Waals surface area contributed by atoms with Crippen LogP contribution in [-0.4, -0.2) is 35.7 Å². The zero-order valence-electron chi connectivity index (χ0n) is 11.4. The quantitative estimate of drug-likeness (QED) is 0.782. The number of thiazole rings is 1. The number of hydrogen-bond acceptors (Lipinski definition) is 6. The number of carbonyl (C=O) groups is 1. The fourth-order valence-corrected chi connectivity index (χ4v) is 2.76. The highest BCUT2D eigenvalue weighted by Gasteiger charge is 2.23. The van der Waals surface area contributed by atoms with E-state index in [1.165, 1.54) is 11.3 Å². The van der Waals surface area contributed by atoms with Gasteiger partial charge in [-0.1, -0.05) is 11.3 Å². The lowest BCUT2D eigenvalue weighted by Gasteiger charge is -2.19. The van der Waals surface area contributed by atoms with Crippen LogP contribution in [0.25, 0.3) is 0 Å². The molecular formula is C12H20N4O2S. The van der Waals surface area contributed by atoms with Crippen molar-refractivity contribution < 1.29 is 9.53 Å². The minimum absolute atomic E-state index is 0.0769. The van der Waals surface area contributed by atoms with Crippen LogP contribution in [0.3, 0.4) is 0 Å². The maximum Gasteiger partial charge on any atom is 0.265 e. The van der Waals surface area contributed by atoms with E-state index in [2.05, 4.69) is 15.6 Å². The third kappa shape index (κ3) is 3.81. The molecule has 0 aromatic carbocycles. The molecule has 1 aromatic heterocycles. The number of anilines is 2. The topological polar surface area (TPSA) is 89.3 Å². The summed E-state index contributed by atoms with van der Waals surface area (Å²) in [5.41, 5.74) is 5.69. The molecule has 1 aromatic rings. The second-order valence-electron chi connectivity index (χ2n) is 5.64. The molecule has 2 rings (SSSR count). The van der Waals surface area contributed by atoms with Crippen LogP contribution >= 0.6 is 11.3 Å². The summed E-state index contributed by atoms with van der Waals surface area (Å²) in [6.45, 7) is 7.35. The van der Waals surface area contributed by atoms with Crippen molar-refractivity contribution in [2.45, 2.75) is 38.8 Å². The number of carbonyl (C=O) groups excluding carboxylic acids is 1.